The monoisotopic (exact) mass is 426 g/mol. The number of nitrogens with zero attached hydrogens (tertiary/aromatic N) is 3. The van der Waals surface area contributed by atoms with Crippen molar-refractivity contribution in [3.63, 3.8) is 0 Å². The number of fused-ring (bicyclic) bond motifs is 2. The lowest BCUT2D eigenvalue weighted by molar-refractivity contribution is -0.0453. The summed E-state index contributed by atoms with van der Waals surface area (Å²) >= 11 is 0. The summed E-state index contributed by atoms with van der Waals surface area (Å²) in [5.74, 6) is -0.274. The SMILES string of the molecule is C[C@@H]([C@@H](CO)OC(=O)c1cccc2ccccc12)N1C(N)=NCC2N=C(N)NC21CO. The quantitative estimate of drug-likeness (QED) is 0.381. The van der Waals surface area contributed by atoms with E-state index in [4.69, 9.17) is 16.2 Å². The Morgan fingerprint density at radius 3 is 2.77 bits per heavy atom. The molecule has 2 unspecified atom stereocenters. The number of carbonyl (C=O) groups excluding carboxylic acids is 1. The number of guanidine groups is 2. The van der Waals surface area contributed by atoms with Crippen molar-refractivity contribution in [1.29, 1.82) is 0 Å². The molecule has 2 aliphatic heterocycles. The van der Waals surface area contributed by atoms with Crippen molar-refractivity contribution >= 4 is 28.7 Å². The Morgan fingerprint density at radius 1 is 1.29 bits per heavy atom. The Hall–Kier alpha value is -3.37. The molecule has 4 rings (SSSR count). The number of nitrogens with two attached hydrogens (primary N) is 2. The lowest BCUT2D eigenvalue weighted by Gasteiger charge is -2.49. The van der Waals surface area contributed by atoms with Gasteiger partial charge in [-0.05, 0) is 23.8 Å². The van der Waals surface area contributed by atoms with Crippen molar-refractivity contribution in [2.45, 2.75) is 30.8 Å². The first-order chi connectivity index (χ1) is 14.9. The summed E-state index contributed by atoms with van der Waals surface area (Å²) in [5, 5.41) is 24.9. The van der Waals surface area contributed by atoms with Crippen LogP contribution in [0.25, 0.3) is 10.8 Å². The van der Waals surface area contributed by atoms with Crippen LogP contribution in [0.15, 0.2) is 52.4 Å². The summed E-state index contributed by atoms with van der Waals surface area (Å²) in [7, 11) is 0. The molecule has 164 valence electrons. The number of carbonyl (C=O) groups is 1. The minimum atomic E-state index is -1.13. The zero-order valence-corrected chi connectivity index (χ0v) is 17.1. The number of esters is 1. The number of nitrogens with one attached hydrogen (secondary N) is 1. The van der Waals surface area contributed by atoms with Gasteiger partial charge in [0.15, 0.2) is 17.6 Å². The Kier molecular flexibility index (Phi) is 5.42. The molecule has 31 heavy (non-hydrogen) atoms. The van der Waals surface area contributed by atoms with E-state index in [-0.39, 0.29) is 25.1 Å². The highest BCUT2D eigenvalue weighted by Crippen LogP contribution is 2.31. The Bertz CT molecular complexity index is 1050. The molecule has 0 aromatic heterocycles. The summed E-state index contributed by atoms with van der Waals surface area (Å²) in [6, 6.07) is 11.7. The van der Waals surface area contributed by atoms with Gasteiger partial charge in [-0.3, -0.25) is 4.99 Å². The van der Waals surface area contributed by atoms with Crippen LogP contribution in [0.1, 0.15) is 17.3 Å². The van der Waals surface area contributed by atoms with Crippen molar-refractivity contribution in [3.8, 4) is 0 Å². The summed E-state index contributed by atoms with van der Waals surface area (Å²) in [5.41, 5.74) is 11.3. The highest BCUT2D eigenvalue weighted by Gasteiger charge is 2.54. The molecule has 2 aromatic carbocycles. The number of benzene rings is 2. The lowest BCUT2D eigenvalue weighted by Crippen LogP contribution is -2.74. The third kappa shape index (κ3) is 3.43. The minimum absolute atomic E-state index is 0.134. The molecule has 4 atom stereocenters. The Balaban J connectivity index is 1.62. The van der Waals surface area contributed by atoms with Gasteiger partial charge in [-0.25, -0.2) is 9.79 Å². The average Bonchev–Trinajstić information content (AvgIpc) is 3.12. The van der Waals surface area contributed by atoms with E-state index < -0.39 is 36.4 Å². The smallest absolute Gasteiger partial charge is 0.339 e. The van der Waals surface area contributed by atoms with E-state index in [2.05, 4.69) is 15.3 Å². The molecule has 0 amide bonds. The molecule has 0 fully saturated rings. The summed E-state index contributed by atoms with van der Waals surface area (Å²) in [4.78, 5) is 23.2. The first-order valence-electron chi connectivity index (χ1n) is 10.0. The normalized spacial score (nSPS) is 24.6. The van der Waals surface area contributed by atoms with Crippen LogP contribution in [0.4, 0.5) is 0 Å². The van der Waals surface area contributed by atoms with Crippen molar-refractivity contribution < 1.29 is 19.7 Å². The number of aliphatic hydroxyl groups excluding tert-OH is 2. The maximum absolute atomic E-state index is 13.0. The van der Waals surface area contributed by atoms with E-state index in [0.717, 1.165) is 10.8 Å². The topological polar surface area (TPSA) is 159 Å². The van der Waals surface area contributed by atoms with Gasteiger partial charge in [-0.15, -0.1) is 0 Å². The van der Waals surface area contributed by atoms with Crippen LogP contribution in [0, 0.1) is 0 Å². The van der Waals surface area contributed by atoms with E-state index in [1.807, 2.05) is 30.3 Å². The number of rotatable bonds is 6. The van der Waals surface area contributed by atoms with E-state index in [1.54, 1.807) is 24.0 Å². The molecule has 0 saturated carbocycles. The van der Waals surface area contributed by atoms with Crippen LogP contribution >= 0.6 is 0 Å². The highest BCUT2D eigenvalue weighted by atomic mass is 16.6. The van der Waals surface area contributed by atoms with Crippen LogP contribution in [0.3, 0.4) is 0 Å². The average molecular weight is 426 g/mol. The van der Waals surface area contributed by atoms with E-state index >= 15 is 0 Å². The first-order valence-corrected chi connectivity index (χ1v) is 10.0. The molecule has 7 N–H and O–H groups in total. The molecular formula is C21H26N6O4. The van der Waals surface area contributed by atoms with Gasteiger partial charge < -0.3 is 36.6 Å². The fourth-order valence-electron chi connectivity index (χ4n) is 4.34. The molecule has 2 aliphatic rings. The van der Waals surface area contributed by atoms with Gasteiger partial charge >= 0.3 is 5.97 Å². The molecule has 0 aliphatic carbocycles. The number of ether oxygens (including phenoxy) is 1. The number of aliphatic hydroxyl groups is 2. The maximum atomic E-state index is 13.0. The van der Waals surface area contributed by atoms with Crippen molar-refractivity contribution in [3.05, 3.63) is 48.0 Å². The van der Waals surface area contributed by atoms with Crippen LogP contribution in [-0.4, -0.2) is 76.6 Å². The largest absolute Gasteiger partial charge is 0.454 e. The zero-order chi connectivity index (χ0) is 22.2. The first kappa shape index (κ1) is 20.9. The van der Waals surface area contributed by atoms with E-state index in [0.29, 0.717) is 5.56 Å². The third-order valence-corrected chi connectivity index (χ3v) is 5.93. The molecule has 0 radical (unpaired) electrons. The number of hydrogen-bond acceptors (Lipinski definition) is 10. The molecule has 2 heterocycles. The second-order valence-electron chi connectivity index (χ2n) is 7.70. The summed E-state index contributed by atoms with van der Waals surface area (Å²) < 4.78 is 5.70. The van der Waals surface area contributed by atoms with Crippen LogP contribution in [0.5, 0.6) is 0 Å². The molecule has 10 nitrogen and oxygen atoms in total. The van der Waals surface area contributed by atoms with Gasteiger partial charge in [-0.1, -0.05) is 36.4 Å². The van der Waals surface area contributed by atoms with Gasteiger partial charge in [0, 0.05) is 0 Å². The van der Waals surface area contributed by atoms with Crippen LogP contribution < -0.4 is 16.8 Å². The van der Waals surface area contributed by atoms with Gasteiger partial charge in [-0.2, -0.15) is 0 Å². The zero-order valence-electron chi connectivity index (χ0n) is 17.1. The highest BCUT2D eigenvalue weighted by molar-refractivity contribution is 6.04. The summed E-state index contributed by atoms with van der Waals surface area (Å²) in [6.07, 6.45) is -0.953. The Labute approximate surface area is 179 Å². The fourth-order valence-corrected chi connectivity index (χ4v) is 4.34. The van der Waals surface area contributed by atoms with E-state index in [9.17, 15) is 15.0 Å². The molecule has 0 saturated heterocycles. The fraction of sp³-hybridized carbons (Fsp3) is 0.381. The standard InChI is InChI=1S/C21H26N6O4/c1-12(27-20(23)24-9-17-21(27,11-29)26-19(22)25-17)16(10-28)31-18(30)15-8-4-6-13-5-2-3-7-14(13)15/h2-8,12,16-17,28-29H,9-11H2,1H3,(H2,23,24)(H3,22,25,26)/t12-,16+,17?,21?/m0/s1. The van der Waals surface area contributed by atoms with E-state index in [1.165, 1.54) is 0 Å². The van der Waals surface area contributed by atoms with Gasteiger partial charge in [0.1, 0.15) is 12.1 Å². The predicted octanol–water partition coefficient (Wildman–Crippen LogP) is -0.649. The molecular weight excluding hydrogens is 400 g/mol. The molecule has 0 spiro atoms. The van der Waals surface area contributed by atoms with Crippen LogP contribution in [-0.2, 0) is 4.74 Å². The van der Waals surface area contributed by atoms with Gasteiger partial charge in [0.2, 0.25) is 0 Å². The Morgan fingerprint density at radius 2 is 2.03 bits per heavy atom. The van der Waals surface area contributed by atoms with Crippen molar-refractivity contribution in [2.75, 3.05) is 19.8 Å². The third-order valence-electron chi connectivity index (χ3n) is 5.93. The summed E-state index contributed by atoms with van der Waals surface area (Å²) in [6.45, 7) is 1.17. The van der Waals surface area contributed by atoms with Gasteiger partial charge in [0.25, 0.3) is 0 Å². The molecule has 0 bridgehead atoms. The number of hydrogen-bond donors (Lipinski definition) is 5. The number of aliphatic imine (C=N–C) groups is 2. The second kappa shape index (κ2) is 8.05. The van der Waals surface area contributed by atoms with Crippen molar-refractivity contribution in [1.82, 2.24) is 10.2 Å². The van der Waals surface area contributed by atoms with Crippen molar-refractivity contribution in [2.24, 2.45) is 21.5 Å². The molecule has 10 heteroatoms. The van der Waals surface area contributed by atoms with Gasteiger partial charge in [0.05, 0.1) is 31.4 Å². The molecule has 2 aromatic rings. The predicted molar refractivity (Wildman–Crippen MR) is 116 cm³/mol. The maximum Gasteiger partial charge on any atom is 0.339 e. The second-order valence-corrected chi connectivity index (χ2v) is 7.70. The minimum Gasteiger partial charge on any atom is -0.454 e. The van der Waals surface area contributed by atoms with Crippen LogP contribution in [0.2, 0.25) is 0 Å². The lowest BCUT2D eigenvalue weighted by atomic mass is 9.95.